The van der Waals surface area contributed by atoms with Gasteiger partial charge in [-0.15, -0.1) is 0 Å². The Kier molecular flexibility index (Phi) is 9.01. The van der Waals surface area contributed by atoms with E-state index in [2.05, 4.69) is 17.6 Å². The van der Waals surface area contributed by atoms with Crippen molar-refractivity contribution in [3.63, 3.8) is 0 Å². The van der Waals surface area contributed by atoms with E-state index in [4.69, 9.17) is 21.7 Å². The Labute approximate surface area is 171 Å². The fourth-order valence-corrected chi connectivity index (χ4v) is 2.52. The van der Waals surface area contributed by atoms with E-state index in [9.17, 15) is 4.79 Å². The average molecular weight is 399 g/mol. The topological polar surface area (TPSA) is 59.6 Å². The van der Waals surface area contributed by atoms with Crippen LogP contribution in [0.5, 0.6) is 11.5 Å². The number of carbonyl (C=O) groups excluding carboxylic acids is 1. The van der Waals surface area contributed by atoms with Crippen molar-refractivity contribution in [1.82, 2.24) is 5.32 Å². The van der Waals surface area contributed by atoms with Crippen molar-refractivity contribution in [1.29, 1.82) is 0 Å². The SMILES string of the molecule is CCCCOc1ccc(NC(=S)NC(=O)/C=C/c2ccc(OCC)cc2)cc1. The monoisotopic (exact) mass is 398 g/mol. The summed E-state index contributed by atoms with van der Waals surface area (Å²) in [7, 11) is 0. The van der Waals surface area contributed by atoms with Crippen molar-refractivity contribution in [3.8, 4) is 11.5 Å². The first kappa shape index (κ1) is 21.4. The summed E-state index contributed by atoms with van der Waals surface area (Å²) in [6.45, 7) is 5.39. The third-order valence-electron chi connectivity index (χ3n) is 3.73. The highest BCUT2D eigenvalue weighted by molar-refractivity contribution is 7.80. The molecular formula is C22H26N2O3S. The molecule has 2 N–H and O–H groups in total. The zero-order valence-corrected chi connectivity index (χ0v) is 17.1. The van der Waals surface area contributed by atoms with Gasteiger partial charge in [0.25, 0.3) is 0 Å². The van der Waals surface area contributed by atoms with Crippen LogP contribution in [0.4, 0.5) is 5.69 Å². The molecule has 0 aromatic heterocycles. The third kappa shape index (κ3) is 7.80. The summed E-state index contributed by atoms with van der Waals surface area (Å²) in [5, 5.41) is 5.84. The van der Waals surface area contributed by atoms with Crippen molar-refractivity contribution in [2.75, 3.05) is 18.5 Å². The summed E-state index contributed by atoms with van der Waals surface area (Å²) in [5.41, 5.74) is 1.68. The zero-order valence-electron chi connectivity index (χ0n) is 16.2. The fraction of sp³-hybridized carbons (Fsp3) is 0.273. The lowest BCUT2D eigenvalue weighted by molar-refractivity contribution is -0.115. The summed E-state index contributed by atoms with van der Waals surface area (Å²) in [4.78, 5) is 12.0. The number of unbranched alkanes of at least 4 members (excludes halogenated alkanes) is 1. The van der Waals surface area contributed by atoms with Gasteiger partial charge in [0.15, 0.2) is 5.11 Å². The van der Waals surface area contributed by atoms with Crippen LogP contribution >= 0.6 is 12.2 Å². The number of benzene rings is 2. The number of amides is 1. The maximum atomic E-state index is 12.0. The number of thiocarbonyl (C=S) groups is 1. The third-order valence-corrected chi connectivity index (χ3v) is 3.94. The first-order valence-electron chi connectivity index (χ1n) is 9.36. The number of rotatable bonds is 9. The van der Waals surface area contributed by atoms with Gasteiger partial charge in [0.05, 0.1) is 13.2 Å². The van der Waals surface area contributed by atoms with Crippen molar-refractivity contribution in [2.24, 2.45) is 0 Å². The molecule has 0 aliphatic rings. The van der Waals surface area contributed by atoms with E-state index in [0.717, 1.165) is 35.6 Å². The molecule has 0 aliphatic carbocycles. The lowest BCUT2D eigenvalue weighted by Gasteiger charge is -2.10. The summed E-state index contributed by atoms with van der Waals surface area (Å²) in [6.07, 6.45) is 5.28. The van der Waals surface area contributed by atoms with Gasteiger partial charge in [0, 0.05) is 11.8 Å². The Morgan fingerprint density at radius 2 is 1.64 bits per heavy atom. The van der Waals surface area contributed by atoms with Crippen LogP contribution in [0.1, 0.15) is 32.3 Å². The van der Waals surface area contributed by atoms with Gasteiger partial charge in [-0.3, -0.25) is 10.1 Å². The number of hydrogen-bond donors (Lipinski definition) is 2. The number of nitrogens with one attached hydrogen (secondary N) is 2. The van der Waals surface area contributed by atoms with Crippen LogP contribution in [0, 0.1) is 0 Å². The van der Waals surface area contributed by atoms with Gasteiger partial charge in [-0.25, -0.2) is 0 Å². The smallest absolute Gasteiger partial charge is 0.250 e. The molecule has 28 heavy (non-hydrogen) atoms. The molecule has 6 heteroatoms. The predicted octanol–water partition coefficient (Wildman–Crippen LogP) is 4.79. The minimum absolute atomic E-state index is 0.237. The number of hydrogen-bond acceptors (Lipinski definition) is 4. The maximum Gasteiger partial charge on any atom is 0.250 e. The minimum atomic E-state index is -0.300. The number of anilines is 1. The Hall–Kier alpha value is -2.86. The Morgan fingerprint density at radius 1 is 1.00 bits per heavy atom. The molecule has 0 radical (unpaired) electrons. The van der Waals surface area contributed by atoms with Crippen molar-refractivity contribution in [3.05, 3.63) is 60.2 Å². The molecule has 5 nitrogen and oxygen atoms in total. The largest absolute Gasteiger partial charge is 0.494 e. The number of carbonyl (C=O) groups is 1. The number of ether oxygens (including phenoxy) is 2. The predicted molar refractivity (Wildman–Crippen MR) is 118 cm³/mol. The van der Waals surface area contributed by atoms with E-state index in [0.29, 0.717) is 13.2 Å². The van der Waals surface area contributed by atoms with Crippen LogP contribution in [0.2, 0.25) is 0 Å². The summed E-state index contributed by atoms with van der Waals surface area (Å²) < 4.78 is 11.0. The van der Waals surface area contributed by atoms with Crippen molar-refractivity contribution < 1.29 is 14.3 Å². The van der Waals surface area contributed by atoms with Gasteiger partial charge in [-0.05, 0) is 73.6 Å². The van der Waals surface area contributed by atoms with Crippen LogP contribution in [0.25, 0.3) is 6.08 Å². The van der Waals surface area contributed by atoms with E-state index >= 15 is 0 Å². The Balaban J connectivity index is 1.79. The second-order valence-corrected chi connectivity index (χ2v) is 6.41. The molecule has 0 saturated heterocycles. The second kappa shape index (κ2) is 11.8. The molecule has 0 aliphatic heterocycles. The van der Waals surface area contributed by atoms with Gasteiger partial charge in [-0.1, -0.05) is 25.5 Å². The van der Waals surface area contributed by atoms with Crippen LogP contribution in [0.15, 0.2) is 54.6 Å². The first-order valence-corrected chi connectivity index (χ1v) is 9.77. The van der Waals surface area contributed by atoms with E-state index in [1.165, 1.54) is 6.08 Å². The standard InChI is InChI=1S/C22H26N2O3S/c1-3-5-16-27-20-13-9-18(10-14-20)23-22(28)24-21(25)15-8-17-6-11-19(12-7-17)26-4-2/h6-15H,3-5,16H2,1-2H3,(H2,23,24,25,28)/b15-8+. The highest BCUT2D eigenvalue weighted by Gasteiger charge is 2.02. The molecule has 0 unspecified atom stereocenters. The fourth-order valence-electron chi connectivity index (χ4n) is 2.30. The molecule has 0 heterocycles. The van der Waals surface area contributed by atoms with Gasteiger partial charge in [0.1, 0.15) is 11.5 Å². The van der Waals surface area contributed by atoms with Gasteiger partial charge in [-0.2, -0.15) is 0 Å². The molecule has 148 valence electrons. The van der Waals surface area contributed by atoms with Crippen LogP contribution in [-0.4, -0.2) is 24.2 Å². The summed E-state index contributed by atoms with van der Waals surface area (Å²) in [5.74, 6) is 1.31. The zero-order chi connectivity index (χ0) is 20.2. The maximum absolute atomic E-state index is 12.0. The molecule has 2 aromatic rings. The molecule has 1 amide bonds. The quantitative estimate of drug-likeness (QED) is 0.361. The van der Waals surface area contributed by atoms with Crippen molar-refractivity contribution in [2.45, 2.75) is 26.7 Å². The minimum Gasteiger partial charge on any atom is -0.494 e. The molecule has 2 rings (SSSR count). The van der Waals surface area contributed by atoms with E-state index in [1.807, 2.05) is 55.5 Å². The lowest BCUT2D eigenvalue weighted by atomic mass is 10.2. The second-order valence-electron chi connectivity index (χ2n) is 6.01. The van der Waals surface area contributed by atoms with E-state index in [1.54, 1.807) is 6.08 Å². The molecular weight excluding hydrogens is 372 g/mol. The molecule has 0 saturated carbocycles. The summed E-state index contributed by atoms with van der Waals surface area (Å²) >= 11 is 5.18. The van der Waals surface area contributed by atoms with E-state index < -0.39 is 0 Å². The average Bonchev–Trinajstić information content (AvgIpc) is 2.69. The van der Waals surface area contributed by atoms with Crippen LogP contribution in [0.3, 0.4) is 0 Å². The van der Waals surface area contributed by atoms with Gasteiger partial charge in [0.2, 0.25) is 5.91 Å². The molecule has 2 aromatic carbocycles. The van der Waals surface area contributed by atoms with Crippen LogP contribution < -0.4 is 20.1 Å². The first-order chi connectivity index (χ1) is 13.6. The molecule has 0 bridgehead atoms. The van der Waals surface area contributed by atoms with Gasteiger partial charge < -0.3 is 14.8 Å². The molecule has 0 atom stereocenters. The molecule has 0 fully saturated rings. The van der Waals surface area contributed by atoms with Crippen LogP contribution in [-0.2, 0) is 4.79 Å². The molecule has 0 spiro atoms. The van der Waals surface area contributed by atoms with Gasteiger partial charge >= 0.3 is 0 Å². The highest BCUT2D eigenvalue weighted by Crippen LogP contribution is 2.16. The normalized spacial score (nSPS) is 10.5. The highest BCUT2D eigenvalue weighted by atomic mass is 32.1. The Morgan fingerprint density at radius 3 is 2.29 bits per heavy atom. The summed E-state index contributed by atoms with van der Waals surface area (Å²) in [6, 6.07) is 14.9. The van der Waals surface area contributed by atoms with Crippen molar-refractivity contribution >= 4 is 35.0 Å². The van der Waals surface area contributed by atoms with E-state index in [-0.39, 0.29) is 11.0 Å². The Bertz CT molecular complexity index is 786. The lowest BCUT2D eigenvalue weighted by Crippen LogP contribution is -2.32.